The highest BCUT2D eigenvalue weighted by atomic mass is 35.5. The average molecular weight is 323 g/mol. The summed E-state index contributed by atoms with van der Waals surface area (Å²) in [6, 6.07) is 9.01. The van der Waals surface area contributed by atoms with Crippen molar-refractivity contribution in [1.82, 2.24) is 9.55 Å². The molecule has 0 unspecified atom stereocenters. The molecule has 0 N–H and O–H groups in total. The van der Waals surface area contributed by atoms with Crippen molar-refractivity contribution in [2.24, 2.45) is 0 Å². The number of alkyl halides is 1. The summed E-state index contributed by atoms with van der Waals surface area (Å²) in [5, 5.41) is 0.0638. The van der Waals surface area contributed by atoms with E-state index in [1.54, 1.807) is 0 Å². The second-order valence-electron chi connectivity index (χ2n) is 5.04. The molecule has 0 fully saturated rings. The Morgan fingerprint density at radius 3 is 2.62 bits per heavy atom. The zero-order valence-corrected chi connectivity index (χ0v) is 13.1. The van der Waals surface area contributed by atoms with Crippen LogP contribution in [0.1, 0.15) is 17.0 Å². The molecule has 0 atom stereocenters. The van der Waals surface area contributed by atoms with Gasteiger partial charge in [-0.25, -0.2) is 9.37 Å². The van der Waals surface area contributed by atoms with Gasteiger partial charge in [0.2, 0.25) is 0 Å². The van der Waals surface area contributed by atoms with Crippen LogP contribution in [0.5, 0.6) is 0 Å². The Balaban J connectivity index is 2.37. The molecule has 0 aliphatic heterocycles. The third kappa shape index (κ3) is 2.41. The lowest BCUT2D eigenvalue weighted by atomic mass is 10.1. The van der Waals surface area contributed by atoms with E-state index in [1.165, 1.54) is 17.7 Å². The van der Waals surface area contributed by atoms with E-state index in [0.717, 1.165) is 11.3 Å². The molecule has 0 spiro atoms. The molecule has 5 heteroatoms. The smallest absolute Gasteiger partial charge is 0.144 e. The monoisotopic (exact) mass is 322 g/mol. The Morgan fingerprint density at radius 2 is 1.95 bits per heavy atom. The van der Waals surface area contributed by atoms with Crippen LogP contribution in [0.25, 0.3) is 16.7 Å². The van der Waals surface area contributed by atoms with E-state index in [2.05, 4.69) is 11.1 Å². The highest BCUT2D eigenvalue weighted by Crippen LogP contribution is 2.28. The first-order chi connectivity index (χ1) is 10.0. The van der Waals surface area contributed by atoms with Gasteiger partial charge in [-0.3, -0.25) is 4.57 Å². The highest BCUT2D eigenvalue weighted by Gasteiger charge is 2.15. The summed E-state index contributed by atoms with van der Waals surface area (Å²) in [7, 11) is 0. The van der Waals surface area contributed by atoms with Crippen LogP contribution in [-0.2, 0) is 5.88 Å². The van der Waals surface area contributed by atoms with E-state index in [-0.39, 0.29) is 10.9 Å². The van der Waals surface area contributed by atoms with Crippen molar-refractivity contribution in [2.75, 3.05) is 0 Å². The number of rotatable bonds is 2. The van der Waals surface area contributed by atoms with Crippen molar-refractivity contribution in [2.45, 2.75) is 19.7 Å². The minimum Gasteiger partial charge on any atom is -0.295 e. The van der Waals surface area contributed by atoms with Crippen molar-refractivity contribution in [1.29, 1.82) is 0 Å². The molecule has 108 valence electrons. The maximum absolute atomic E-state index is 13.8. The van der Waals surface area contributed by atoms with Gasteiger partial charge in [0, 0.05) is 6.07 Å². The largest absolute Gasteiger partial charge is 0.295 e. The maximum atomic E-state index is 13.8. The minimum atomic E-state index is -0.462. The van der Waals surface area contributed by atoms with Gasteiger partial charge in [0.25, 0.3) is 0 Å². The third-order valence-electron chi connectivity index (χ3n) is 3.48. The van der Waals surface area contributed by atoms with Crippen LogP contribution < -0.4 is 0 Å². The molecular formula is C16H13Cl2FN2. The Labute approximate surface area is 132 Å². The number of aryl methyl sites for hydroxylation is 2. The highest BCUT2D eigenvalue weighted by molar-refractivity contribution is 6.31. The fourth-order valence-electron chi connectivity index (χ4n) is 2.54. The average Bonchev–Trinajstić information content (AvgIpc) is 2.77. The number of hydrogen-bond donors (Lipinski definition) is 0. The fraction of sp³-hybridized carbons (Fsp3) is 0.188. The van der Waals surface area contributed by atoms with Crippen molar-refractivity contribution >= 4 is 34.2 Å². The molecular weight excluding hydrogens is 310 g/mol. The molecule has 0 saturated carbocycles. The lowest BCUT2D eigenvalue weighted by Gasteiger charge is -2.12. The molecule has 21 heavy (non-hydrogen) atoms. The molecule has 1 heterocycles. The van der Waals surface area contributed by atoms with E-state index in [9.17, 15) is 4.39 Å². The van der Waals surface area contributed by atoms with Gasteiger partial charge in [-0.1, -0.05) is 29.3 Å². The number of nitrogens with zero attached hydrogens (tertiary/aromatic N) is 2. The Bertz CT molecular complexity index is 840. The first-order valence-corrected chi connectivity index (χ1v) is 7.42. The standard InChI is InChI=1S/C16H13Cl2FN2/c1-9-3-4-14(10(2)5-9)21-15-7-12(19)11(18)6-13(15)20-16(21)8-17/h3-7H,8H2,1-2H3. The van der Waals surface area contributed by atoms with Crippen molar-refractivity contribution in [3.05, 3.63) is 58.1 Å². The summed E-state index contributed by atoms with van der Waals surface area (Å²) in [5.41, 5.74) is 4.50. The number of imidazole rings is 1. The van der Waals surface area contributed by atoms with Crippen LogP contribution in [0.15, 0.2) is 30.3 Å². The first-order valence-electron chi connectivity index (χ1n) is 6.51. The molecule has 0 aliphatic carbocycles. The molecule has 2 aromatic carbocycles. The van der Waals surface area contributed by atoms with Crippen LogP contribution in [0.4, 0.5) is 4.39 Å². The van der Waals surface area contributed by atoms with E-state index in [4.69, 9.17) is 23.2 Å². The number of hydrogen-bond acceptors (Lipinski definition) is 1. The predicted molar refractivity (Wildman–Crippen MR) is 85.1 cm³/mol. The predicted octanol–water partition coefficient (Wildman–Crippen LogP) is 5.17. The van der Waals surface area contributed by atoms with Crippen molar-refractivity contribution in [3.8, 4) is 5.69 Å². The zero-order chi connectivity index (χ0) is 15.1. The molecule has 0 aliphatic rings. The molecule has 3 rings (SSSR count). The van der Waals surface area contributed by atoms with E-state index < -0.39 is 5.82 Å². The van der Waals surface area contributed by atoms with Gasteiger partial charge in [0.05, 0.1) is 27.6 Å². The lowest BCUT2D eigenvalue weighted by molar-refractivity contribution is 0.629. The quantitative estimate of drug-likeness (QED) is 0.595. The normalized spacial score (nSPS) is 11.3. The topological polar surface area (TPSA) is 17.8 Å². The summed E-state index contributed by atoms with van der Waals surface area (Å²) in [6.45, 7) is 4.04. The number of halogens is 3. The Morgan fingerprint density at radius 1 is 1.19 bits per heavy atom. The van der Waals surface area contributed by atoms with Gasteiger partial charge in [0.1, 0.15) is 11.6 Å². The minimum absolute atomic E-state index is 0.0638. The van der Waals surface area contributed by atoms with Crippen LogP contribution in [0, 0.1) is 19.7 Å². The fourth-order valence-corrected chi connectivity index (χ4v) is 2.87. The number of benzene rings is 2. The van der Waals surface area contributed by atoms with Gasteiger partial charge >= 0.3 is 0 Å². The van der Waals surface area contributed by atoms with Gasteiger partial charge < -0.3 is 0 Å². The van der Waals surface area contributed by atoms with Crippen LogP contribution >= 0.6 is 23.2 Å². The van der Waals surface area contributed by atoms with E-state index >= 15 is 0 Å². The third-order valence-corrected chi connectivity index (χ3v) is 4.01. The second-order valence-corrected chi connectivity index (χ2v) is 5.72. The SMILES string of the molecule is Cc1ccc(-n2c(CCl)nc3cc(Cl)c(F)cc32)c(C)c1. The lowest BCUT2D eigenvalue weighted by Crippen LogP contribution is -2.02. The van der Waals surface area contributed by atoms with Gasteiger partial charge in [-0.2, -0.15) is 0 Å². The van der Waals surface area contributed by atoms with E-state index in [0.29, 0.717) is 16.9 Å². The summed E-state index contributed by atoms with van der Waals surface area (Å²) in [4.78, 5) is 4.45. The van der Waals surface area contributed by atoms with Crippen LogP contribution in [0.2, 0.25) is 5.02 Å². The van der Waals surface area contributed by atoms with Crippen LogP contribution in [0.3, 0.4) is 0 Å². The molecule has 0 saturated heterocycles. The Hall–Kier alpha value is -1.58. The van der Waals surface area contributed by atoms with Crippen LogP contribution in [-0.4, -0.2) is 9.55 Å². The second kappa shape index (κ2) is 5.32. The van der Waals surface area contributed by atoms with Gasteiger partial charge in [-0.05, 0) is 31.5 Å². The number of aromatic nitrogens is 2. The molecule has 1 aromatic heterocycles. The summed E-state index contributed by atoms with van der Waals surface area (Å²) in [6.07, 6.45) is 0. The molecule has 2 nitrogen and oxygen atoms in total. The summed E-state index contributed by atoms with van der Waals surface area (Å²) < 4.78 is 15.7. The summed E-state index contributed by atoms with van der Waals surface area (Å²) in [5.74, 6) is 0.442. The Kier molecular flexibility index (Phi) is 3.64. The first kappa shape index (κ1) is 14.4. The number of fused-ring (bicyclic) bond motifs is 1. The van der Waals surface area contributed by atoms with E-state index in [1.807, 2.05) is 30.5 Å². The van der Waals surface area contributed by atoms with Crippen molar-refractivity contribution < 1.29 is 4.39 Å². The molecule has 0 radical (unpaired) electrons. The molecule has 0 bridgehead atoms. The molecule has 3 aromatic rings. The van der Waals surface area contributed by atoms with Gasteiger partial charge in [0.15, 0.2) is 0 Å². The maximum Gasteiger partial charge on any atom is 0.144 e. The van der Waals surface area contributed by atoms with Gasteiger partial charge in [-0.15, -0.1) is 11.6 Å². The summed E-state index contributed by atoms with van der Waals surface area (Å²) >= 11 is 11.8. The molecule has 0 amide bonds. The zero-order valence-electron chi connectivity index (χ0n) is 11.6. The van der Waals surface area contributed by atoms with Crippen molar-refractivity contribution in [3.63, 3.8) is 0 Å².